The normalized spacial score (nSPS) is 13.1. The molecule has 0 saturated heterocycles. The van der Waals surface area contributed by atoms with Crippen molar-refractivity contribution >= 4 is 29.2 Å². The Labute approximate surface area is 198 Å². The van der Waals surface area contributed by atoms with E-state index in [1.54, 1.807) is 6.92 Å². The van der Waals surface area contributed by atoms with Gasteiger partial charge in [0.15, 0.2) is 17.3 Å². The number of carboxylic acid groups (broad SMARTS) is 1. The molecule has 7 nitrogen and oxygen atoms in total. The van der Waals surface area contributed by atoms with Crippen LogP contribution in [0.4, 0.5) is 0 Å². The highest BCUT2D eigenvalue weighted by Crippen LogP contribution is 2.14. The van der Waals surface area contributed by atoms with E-state index in [4.69, 9.17) is 5.11 Å². The number of rotatable bonds is 20. The third-order valence-electron chi connectivity index (χ3n) is 5.64. The maximum Gasteiger partial charge on any atom is 0.306 e. The number of Topliss-reactive ketones (excluding diaryl/α,β-unsaturated/α-hetero) is 1. The molecule has 2 atom stereocenters. The zero-order valence-corrected chi connectivity index (χ0v) is 20.9. The first-order chi connectivity index (χ1) is 15.5. The van der Waals surface area contributed by atoms with E-state index in [1.807, 2.05) is 13.8 Å². The van der Waals surface area contributed by atoms with Crippen molar-refractivity contribution in [3.63, 3.8) is 0 Å². The average Bonchev–Trinajstić information content (AvgIpc) is 2.74. The minimum atomic E-state index is -0.857. The Hall–Kier alpha value is -2.31. The minimum absolute atomic E-state index is 0.00999. The number of hydrogen-bond donors (Lipinski definition) is 2. The van der Waals surface area contributed by atoms with Gasteiger partial charge in [-0.2, -0.15) is 0 Å². The van der Waals surface area contributed by atoms with E-state index in [0.29, 0.717) is 25.7 Å². The molecule has 188 valence electrons. The highest BCUT2D eigenvalue weighted by Gasteiger charge is 2.23. The van der Waals surface area contributed by atoms with Gasteiger partial charge < -0.3 is 10.4 Å². The Bertz CT molecular complexity index is 668. The zero-order chi connectivity index (χ0) is 25.2. The predicted octanol–water partition coefficient (Wildman–Crippen LogP) is 4.81. The molecule has 0 rings (SSSR count). The van der Waals surface area contributed by atoms with Crippen LogP contribution in [-0.4, -0.2) is 40.4 Å². The van der Waals surface area contributed by atoms with Gasteiger partial charge in [-0.3, -0.25) is 24.0 Å². The molecule has 0 aliphatic rings. The molecule has 0 aromatic carbocycles. The third kappa shape index (κ3) is 16.9. The lowest BCUT2D eigenvalue weighted by atomic mass is 9.94. The number of carbonyl (C=O) groups is 5. The minimum Gasteiger partial charge on any atom is -0.481 e. The van der Waals surface area contributed by atoms with Crippen molar-refractivity contribution in [1.82, 2.24) is 5.32 Å². The van der Waals surface area contributed by atoms with Crippen LogP contribution < -0.4 is 5.32 Å². The van der Waals surface area contributed by atoms with Crippen molar-refractivity contribution in [3.8, 4) is 0 Å². The van der Waals surface area contributed by atoms with Gasteiger partial charge in [0.1, 0.15) is 0 Å². The number of nitrogens with one attached hydrogen (secondary N) is 1. The number of unbranched alkanes of at least 4 members (excludes halogenated alkanes) is 6. The molecule has 2 N–H and O–H groups in total. The molecule has 0 aromatic heterocycles. The number of carboxylic acids is 1. The molecule has 0 aromatic rings. The van der Waals surface area contributed by atoms with Gasteiger partial charge in [0.05, 0.1) is 12.0 Å². The lowest BCUT2D eigenvalue weighted by molar-refractivity contribution is -0.141. The summed E-state index contributed by atoms with van der Waals surface area (Å²) in [6.07, 6.45) is 11.4. The largest absolute Gasteiger partial charge is 0.481 e. The Morgan fingerprint density at radius 1 is 0.758 bits per heavy atom. The molecular formula is C26H43NO6. The first kappa shape index (κ1) is 30.7. The Kier molecular flexibility index (Phi) is 16.9. The summed E-state index contributed by atoms with van der Waals surface area (Å²) >= 11 is 0. The van der Waals surface area contributed by atoms with Crippen molar-refractivity contribution in [2.24, 2.45) is 11.8 Å². The molecule has 33 heavy (non-hydrogen) atoms. The molecule has 2 unspecified atom stereocenters. The summed E-state index contributed by atoms with van der Waals surface area (Å²) in [5, 5.41) is 11.8. The summed E-state index contributed by atoms with van der Waals surface area (Å²) < 4.78 is 0. The summed E-state index contributed by atoms with van der Waals surface area (Å²) in [5.41, 5.74) is 0. The molecule has 0 spiro atoms. The summed E-state index contributed by atoms with van der Waals surface area (Å²) in [7, 11) is 0. The van der Waals surface area contributed by atoms with E-state index in [2.05, 4.69) is 5.32 Å². The van der Waals surface area contributed by atoms with Crippen LogP contribution in [-0.2, 0) is 24.0 Å². The number of hydrogen-bond acceptors (Lipinski definition) is 5. The summed E-state index contributed by atoms with van der Waals surface area (Å²) in [6.45, 7) is 6.85. The molecule has 0 saturated carbocycles. The molecule has 7 heteroatoms. The van der Waals surface area contributed by atoms with Crippen molar-refractivity contribution < 1.29 is 29.1 Å². The van der Waals surface area contributed by atoms with Gasteiger partial charge in [0.25, 0.3) is 0 Å². The first-order valence-corrected chi connectivity index (χ1v) is 12.3. The Balaban J connectivity index is 3.95. The van der Waals surface area contributed by atoms with Gasteiger partial charge in [-0.05, 0) is 50.7 Å². The fraction of sp³-hybridized carbons (Fsp3) is 0.731. The Morgan fingerprint density at radius 2 is 1.30 bits per heavy atom. The molecule has 1 amide bonds. The number of carbonyl (C=O) groups excluding carboxylic acids is 4. The smallest absolute Gasteiger partial charge is 0.306 e. The van der Waals surface area contributed by atoms with Crippen LogP contribution >= 0.6 is 0 Å². The van der Waals surface area contributed by atoms with Crippen molar-refractivity contribution in [3.05, 3.63) is 12.2 Å². The molecule has 0 heterocycles. The fourth-order valence-electron chi connectivity index (χ4n) is 3.49. The van der Waals surface area contributed by atoms with E-state index in [9.17, 15) is 24.0 Å². The molecular weight excluding hydrogens is 422 g/mol. The van der Waals surface area contributed by atoms with E-state index in [1.165, 1.54) is 19.1 Å². The predicted molar refractivity (Wildman–Crippen MR) is 129 cm³/mol. The van der Waals surface area contributed by atoms with E-state index in [0.717, 1.165) is 44.9 Å². The van der Waals surface area contributed by atoms with Crippen LogP contribution in [0.2, 0.25) is 0 Å². The standard InChI is InChI=1S/C26H43NO6/c1-19(2)25(23(30)15-12-13-20(3)26(32)33)27-24(31)16-11-9-7-5-6-8-10-14-22(29)18-17-21(4)28/h17-20,25H,5-16H2,1-4H3,(H,27,31)(H,32,33). The second-order valence-corrected chi connectivity index (χ2v) is 9.27. The SMILES string of the molecule is CC(=O)C=CC(=O)CCCCCCCCCC(=O)NC(C(=O)CCCC(C)C(=O)O)C(C)C. The quantitative estimate of drug-likeness (QED) is 0.197. The van der Waals surface area contributed by atoms with E-state index >= 15 is 0 Å². The van der Waals surface area contributed by atoms with Gasteiger partial charge in [0, 0.05) is 19.3 Å². The number of amides is 1. The average molecular weight is 466 g/mol. The van der Waals surface area contributed by atoms with Gasteiger partial charge in [0.2, 0.25) is 5.91 Å². The van der Waals surface area contributed by atoms with Crippen LogP contribution in [0.25, 0.3) is 0 Å². The molecule has 0 bridgehead atoms. The monoisotopic (exact) mass is 465 g/mol. The molecule has 0 aliphatic heterocycles. The third-order valence-corrected chi connectivity index (χ3v) is 5.64. The highest BCUT2D eigenvalue weighted by molar-refractivity contribution is 5.97. The van der Waals surface area contributed by atoms with E-state index in [-0.39, 0.29) is 35.6 Å². The highest BCUT2D eigenvalue weighted by atomic mass is 16.4. The number of ketones is 3. The van der Waals surface area contributed by atoms with Crippen molar-refractivity contribution in [2.75, 3.05) is 0 Å². The first-order valence-electron chi connectivity index (χ1n) is 12.3. The summed E-state index contributed by atoms with van der Waals surface area (Å²) in [5.74, 6) is -1.62. The van der Waals surface area contributed by atoms with Gasteiger partial charge in [-0.1, -0.05) is 52.9 Å². The number of allylic oxidation sites excluding steroid dienone is 2. The summed E-state index contributed by atoms with van der Waals surface area (Å²) in [6, 6.07) is -0.523. The van der Waals surface area contributed by atoms with Crippen molar-refractivity contribution in [1.29, 1.82) is 0 Å². The van der Waals surface area contributed by atoms with Gasteiger partial charge in [-0.25, -0.2) is 0 Å². The number of aliphatic carboxylic acids is 1. The maximum absolute atomic E-state index is 12.5. The lowest BCUT2D eigenvalue weighted by Gasteiger charge is -2.21. The topological polar surface area (TPSA) is 118 Å². The lowest BCUT2D eigenvalue weighted by Crippen LogP contribution is -2.44. The molecule has 0 aliphatic carbocycles. The van der Waals surface area contributed by atoms with E-state index < -0.39 is 17.9 Å². The second-order valence-electron chi connectivity index (χ2n) is 9.27. The van der Waals surface area contributed by atoms with Gasteiger partial charge >= 0.3 is 5.97 Å². The molecule has 0 fully saturated rings. The molecule has 0 radical (unpaired) electrons. The van der Waals surface area contributed by atoms with Crippen molar-refractivity contribution in [2.45, 2.75) is 111 Å². The zero-order valence-electron chi connectivity index (χ0n) is 20.9. The fourth-order valence-corrected chi connectivity index (χ4v) is 3.49. The van der Waals surface area contributed by atoms with Crippen LogP contribution in [0.3, 0.4) is 0 Å². The van der Waals surface area contributed by atoms with Crippen LogP contribution in [0.5, 0.6) is 0 Å². The van der Waals surface area contributed by atoms with Crippen LogP contribution in [0.15, 0.2) is 12.2 Å². The van der Waals surface area contributed by atoms with Gasteiger partial charge in [-0.15, -0.1) is 0 Å². The maximum atomic E-state index is 12.5. The second kappa shape index (κ2) is 18.2. The van der Waals surface area contributed by atoms with Crippen LogP contribution in [0.1, 0.15) is 105 Å². The summed E-state index contributed by atoms with van der Waals surface area (Å²) in [4.78, 5) is 57.9. The Morgan fingerprint density at radius 3 is 1.82 bits per heavy atom. The van der Waals surface area contributed by atoms with Crippen LogP contribution in [0, 0.1) is 11.8 Å².